The predicted octanol–water partition coefficient (Wildman–Crippen LogP) is 1.60. The normalized spacial score (nSPS) is 20.6. The van der Waals surface area contributed by atoms with Crippen molar-refractivity contribution in [3.63, 3.8) is 0 Å². The van der Waals surface area contributed by atoms with Gasteiger partial charge >= 0.3 is 5.97 Å². The van der Waals surface area contributed by atoms with Crippen molar-refractivity contribution in [2.45, 2.75) is 19.5 Å². The van der Waals surface area contributed by atoms with Gasteiger partial charge in [-0.25, -0.2) is 4.79 Å². The van der Waals surface area contributed by atoms with Gasteiger partial charge in [0.25, 0.3) is 0 Å². The minimum Gasteiger partial charge on any atom is -0.477 e. The van der Waals surface area contributed by atoms with Gasteiger partial charge in [0.1, 0.15) is 4.88 Å². The van der Waals surface area contributed by atoms with E-state index in [4.69, 9.17) is 14.6 Å². The lowest BCUT2D eigenvalue weighted by atomic mass is 10.1. The first-order valence-corrected chi connectivity index (χ1v) is 7.06. The molecule has 1 fully saturated rings. The van der Waals surface area contributed by atoms with Crippen LogP contribution in [0.25, 0.3) is 0 Å². The Hall–Kier alpha value is -0.950. The smallest absolute Gasteiger partial charge is 0.345 e. The van der Waals surface area contributed by atoms with E-state index < -0.39 is 5.97 Å². The molecular formula is C13H19NO4S. The molecule has 0 aromatic carbocycles. The molecule has 1 atom stereocenters. The van der Waals surface area contributed by atoms with Crippen molar-refractivity contribution in [2.24, 2.45) is 0 Å². The van der Waals surface area contributed by atoms with E-state index in [0.29, 0.717) is 18.1 Å². The van der Waals surface area contributed by atoms with Crippen LogP contribution in [0.1, 0.15) is 20.1 Å². The maximum Gasteiger partial charge on any atom is 0.345 e. The summed E-state index contributed by atoms with van der Waals surface area (Å²) in [6, 6.07) is 2.02. The van der Waals surface area contributed by atoms with Gasteiger partial charge in [-0.1, -0.05) is 0 Å². The molecule has 1 aliphatic rings. The van der Waals surface area contributed by atoms with Crippen LogP contribution in [0, 0.1) is 6.92 Å². The highest BCUT2D eigenvalue weighted by Crippen LogP contribution is 2.24. The summed E-state index contributed by atoms with van der Waals surface area (Å²) in [6.45, 7) is 5.60. The summed E-state index contributed by atoms with van der Waals surface area (Å²) in [4.78, 5) is 14.8. The van der Waals surface area contributed by atoms with Crippen molar-refractivity contribution in [3.8, 4) is 0 Å². The van der Waals surface area contributed by atoms with E-state index in [9.17, 15) is 4.79 Å². The molecule has 1 N–H and O–H groups in total. The molecule has 0 aliphatic carbocycles. The average molecular weight is 285 g/mol. The van der Waals surface area contributed by atoms with Gasteiger partial charge in [-0.05, 0) is 18.6 Å². The number of rotatable bonds is 5. The number of hydrogen-bond acceptors (Lipinski definition) is 5. The van der Waals surface area contributed by atoms with Gasteiger partial charge in [0.15, 0.2) is 0 Å². The SMILES string of the molecule is COCC1COCCN1Cc1cc(C(=O)O)sc1C. The standard InChI is InChI=1S/C13H19NO4S/c1-9-10(5-12(19-9)13(15)16)6-14-3-4-18-8-11(14)7-17-2/h5,11H,3-4,6-8H2,1-2H3,(H,15,16). The van der Waals surface area contributed by atoms with Crippen LogP contribution in [-0.4, -0.2) is 55.5 Å². The number of carboxylic acids is 1. The van der Waals surface area contributed by atoms with E-state index in [-0.39, 0.29) is 6.04 Å². The molecule has 1 saturated heterocycles. The van der Waals surface area contributed by atoms with Crippen LogP contribution >= 0.6 is 11.3 Å². The first-order valence-electron chi connectivity index (χ1n) is 6.25. The number of aryl methyl sites for hydroxylation is 1. The van der Waals surface area contributed by atoms with Gasteiger partial charge in [-0.3, -0.25) is 4.90 Å². The Kier molecular flexibility index (Phi) is 4.93. The number of hydrogen-bond donors (Lipinski definition) is 1. The minimum absolute atomic E-state index is 0.242. The predicted molar refractivity (Wildman–Crippen MR) is 72.9 cm³/mol. The van der Waals surface area contributed by atoms with Crippen LogP contribution in [0.3, 0.4) is 0 Å². The third-order valence-corrected chi connectivity index (χ3v) is 4.39. The van der Waals surface area contributed by atoms with Crippen molar-refractivity contribution in [2.75, 3.05) is 33.5 Å². The lowest BCUT2D eigenvalue weighted by Gasteiger charge is -2.35. The number of methoxy groups -OCH3 is 1. The molecule has 0 bridgehead atoms. The monoisotopic (exact) mass is 285 g/mol. The van der Waals surface area contributed by atoms with Crippen molar-refractivity contribution in [1.29, 1.82) is 0 Å². The molecule has 1 aromatic heterocycles. The molecule has 0 spiro atoms. The summed E-state index contributed by atoms with van der Waals surface area (Å²) < 4.78 is 10.7. The van der Waals surface area contributed by atoms with Gasteiger partial charge in [-0.2, -0.15) is 0 Å². The van der Waals surface area contributed by atoms with Crippen LogP contribution in [0.5, 0.6) is 0 Å². The zero-order valence-electron chi connectivity index (χ0n) is 11.2. The Bertz CT molecular complexity index is 444. The Morgan fingerprint density at radius 3 is 3.11 bits per heavy atom. The molecule has 19 heavy (non-hydrogen) atoms. The molecule has 0 saturated carbocycles. The molecule has 1 unspecified atom stereocenters. The van der Waals surface area contributed by atoms with E-state index in [1.54, 1.807) is 13.2 Å². The van der Waals surface area contributed by atoms with Gasteiger partial charge in [0.05, 0.1) is 25.9 Å². The molecule has 1 aliphatic heterocycles. The van der Waals surface area contributed by atoms with Crippen LogP contribution < -0.4 is 0 Å². The van der Waals surface area contributed by atoms with Crippen LogP contribution in [0.4, 0.5) is 0 Å². The lowest BCUT2D eigenvalue weighted by molar-refractivity contribution is -0.0387. The highest BCUT2D eigenvalue weighted by Gasteiger charge is 2.24. The quantitative estimate of drug-likeness (QED) is 0.890. The number of carboxylic acid groups (broad SMARTS) is 1. The number of nitrogens with zero attached hydrogens (tertiary/aromatic N) is 1. The summed E-state index contributed by atoms with van der Waals surface area (Å²) in [5, 5.41) is 9.02. The number of aromatic carboxylic acids is 1. The lowest BCUT2D eigenvalue weighted by Crippen LogP contribution is -2.47. The van der Waals surface area contributed by atoms with Gasteiger partial charge < -0.3 is 14.6 Å². The first-order chi connectivity index (χ1) is 9.11. The summed E-state index contributed by atoms with van der Waals surface area (Å²) in [7, 11) is 1.69. The third kappa shape index (κ3) is 3.54. The number of thiophene rings is 1. The van der Waals surface area contributed by atoms with Crippen LogP contribution in [0.15, 0.2) is 6.07 Å². The number of ether oxygens (including phenoxy) is 2. The summed E-state index contributed by atoms with van der Waals surface area (Å²) in [6.07, 6.45) is 0. The highest BCUT2D eigenvalue weighted by molar-refractivity contribution is 7.14. The second-order valence-electron chi connectivity index (χ2n) is 4.65. The van der Waals surface area contributed by atoms with Gasteiger partial charge in [0.2, 0.25) is 0 Å². The van der Waals surface area contributed by atoms with E-state index in [1.165, 1.54) is 11.3 Å². The van der Waals surface area contributed by atoms with E-state index in [1.807, 2.05) is 6.92 Å². The minimum atomic E-state index is -0.852. The molecular weight excluding hydrogens is 266 g/mol. The molecule has 0 radical (unpaired) electrons. The summed E-state index contributed by atoms with van der Waals surface area (Å²) in [5.41, 5.74) is 1.09. The van der Waals surface area contributed by atoms with Crippen molar-refractivity contribution in [1.82, 2.24) is 4.90 Å². The Morgan fingerprint density at radius 1 is 1.68 bits per heavy atom. The topological polar surface area (TPSA) is 59.0 Å². The largest absolute Gasteiger partial charge is 0.477 e. The third-order valence-electron chi connectivity index (χ3n) is 3.31. The zero-order valence-corrected chi connectivity index (χ0v) is 12.0. The molecule has 6 heteroatoms. The Labute approximate surface area is 116 Å². The maximum atomic E-state index is 11.0. The van der Waals surface area contributed by atoms with Crippen molar-refractivity contribution >= 4 is 17.3 Å². The van der Waals surface area contributed by atoms with Crippen molar-refractivity contribution in [3.05, 3.63) is 21.4 Å². The Balaban J connectivity index is 2.08. The van der Waals surface area contributed by atoms with E-state index in [2.05, 4.69) is 4.90 Å². The van der Waals surface area contributed by atoms with E-state index >= 15 is 0 Å². The number of morpholine rings is 1. The zero-order chi connectivity index (χ0) is 13.8. The second-order valence-corrected chi connectivity index (χ2v) is 5.91. The summed E-state index contributed by atoms with van der Waals surface area (Å²) in [5.74, 6) is -0.852. The first kappa shape index (κ1) is 14.5. The van der Waals surface area contributed by atoms with E-state index in [0.717, 1.165) is 30.1 Å². The van der Waals surface area contributed by atoms with Crippen LogP contribution in [-0.2, 0) is 16.0 Å². The molecule has 1 aromatic rings. The fourth-order valence-corrected chi connectivity index (χ4v) is 3.12. The maximum absolute atomic E-state index is 11.0. The van der Waals surface area contributed by atoms with Crippen LogP contribution in [0.2, 0.25) is 0 Å². The second kappa shape index (κ2) is 6.47. The fourth-order valence-electron chi connectivity index (χ4n) is 2.24. The number of carbonyl (C=O) groups is 1. The van der Waals surface area contributed by atoms with Crippen molar-refractivity contribution < 1.29 is 19.4 Å². The molecule has 5 nitrogen and oxygen atoms in total. The molecule has 106 valence electrons. The molecule has 2 rings (SSSR count). The highest BCUT2D eigenvalue weighted by atomic mass is 32.1. The molecule has 0 amide bonds. The summed E-state index contributed by atoms with van der Waals surface area (Å²) >= 11 is 1.34. The Morgan fingerprint density at radius 2 is 2.47 bits per heavy atom. The van der Waals surface area contributed by atoms with Gasteiger partial charge in [0, 0.05) is 25.1 Å². The molecule has 2 heterocycles. The average Bonchev–Trinajstić information content (AvgIpc) is 2.74. The fraction of sp³-hybridized carbons (Fsp3) is 0.615. The van der Waals surface area contributed by atoms with Gasteiger partial charge in [-0.15, -0.1) is 11.3 Å².